The van der Waals surface area contributed by atoms with Crippen LogP contribution < -0.4 is 4.74 Å². The number of aliphatic hydroxyl groups is 1. The molecule has 6 nitrogen and oxygen atoms in total. The Morgan fingerprint density at radius 2 is 2.27 bits per heavy atom. The zero-order valence-electron chi connectivity index (χ0n) is 8.14. The molecule has 2 N–H and O–H groups in total. The number of ether oxygens (including phenoxy) is 1. The molecule has 0 atom stereocenters. The molecule has 0 spiro atoms. The Balaban J connectivity index is 2.35. The van der Waals surface area contributed by atoms with Crippen molar-refractivity contribution in [2.75, 3.05) is 7.11 Å². The molecule has 0 radical (unpaired) electrons. The van der Waals surface area contributed by atoms with Gasteiger partial charge in [-0.05, 0) is 0 Å². The van der Waals surface area contributed by atoms with Gasteiger partial charge in [0.2, 0.25) is 5.88 Å². The number of nitrogens with zero attached hydrogens (tertiary/aromatic N) is 3. The van der Waals surface area contributed by atoms with Gasteiger partial charge in [0.05, 0.1) is 25.6 Å². The Bertz CT molecular complexity index is 455. The number of aromatic amines is 1. The van der Waals surface area contributed by atoms with E-state index in [1.807, 2.05) is 0 Å². The Kier molecular flexibility index (Phi) is 2.59. The van der Waals surface area contributed by atoms with Crippen LogP contribution in [-0.2, 0) is 6.61 Å². The fourth-order valence-corrected chi connectivity index (χ4v) is 1.15. The molecule has 0 bridgehead atoms. The van der Waals surface area contributed by atoms with E-state index in [2.05, 4.69) is 19.9 Å². The summed E-state index contributed by atoms with van der Waals surface area (Å²) in [4.78, 5) is 14.9. The second kappa shape index (κ2) is 4.05. The number of aliphatic hydroxyl groups excluding tert-OH is 1. The molecule has 0 saturated heterocycles. The molecule has 15 heavy (non-hydrogen) atoms. The van der Waals surface area contributed by atoms with E-state index in [-0.39, 0.29) is 6.61 Å². The van der Waals surface area contributed by atoms with Crippen LogP contribution in [0.25, 0.3) is 11.5 Å². The summed E-state index contributed by atoms with van der Waals surface area (Å²) in [6.07, 6.45) is 2.96. The van der Waals surface area contributed by atoms with Crippen LogP contribution in [0.4, 0.5) is 0 Å². The van der Waals surface area contributed by atoms with Crippen LogP contribution in [0, 0.1) is 0 Å². The Labute approximate surface area is 86.0 Å². The molecular formula is C9H10N4O2. The lowest BCUT2D eigenvalue weighted by molar-refractivity contribution is 0.277. The summed E-state index contributed by atoms with van der Waals surface area (Å²) in [5.74, 6) is 1.06. The summed E-state index contributed by atoms with van der Waals surface area (Å²) in [7, 11) is 1.54. The minimum atomic E-state index is -0.0742. The van der Waals surface area contributed by atoms with Gasteiger partial charge in [0.15, 0.2) is 5.82 Å². The molecule has 0 aliphatic carbocycles. The first-order valence-corrected chi connectivity index (χ1v) is 4.34. The third-order valence-electron chi connectivity index (χ3n) is 1.89. The second-order valence-electron chi connectivity index (χ2n) is 2.86. The largest absolute Gasteiger partial charge is 0.481 e. The van der Waals surface area contributed by atoms with Gasteiger partial charge in [0.1, 0.15) is 12.0 Å². The number of nitrogens with one attached hydrogen (secondary N) is 1. The number of aromatic nitrogens is 4. The summed E-state index contributed by atoms with van der Waals surface area (Å²) in [5, 5.41) is 8.87. The first-order valence-electron chi connectivity index (χ1n) is 4.34. The van der Waals surface area contributed by atoms with Gasteiger partial charge in [-0.25, -0.2) is 15.0 Å². The van der Waals surface area contributed by atoms with Crippen LogP contribution in [0.5, 0.6) is 5.88 Å². The monoisotopic (exact) mass is 206 g/mol. The smallest absolute Gasteiger partial charge is 0.216 e. The van der Waals surface area contributed by atoms with Crippen molar-refractivity contribution >= 4 is 0 Å². The third kappa shape index (κ3) is 1.94. The van der Waals surface area contributed by atoms with Gasteiger partial charge in [-0.1, -0.05) is 0 Å². The van der Waals surface area contributed by atoms with Crippen LogP contribution in [0.1, 0.15) is 5.69 Å². The fourth-order valence-electron chi connectivity index (χ4n) is 1.15. The summed E-state index contributed by atoms with van der Waals surface area (Å²) in [6.45, 7) is -0.0742. The molecule has 2 aromatic rings. The molecule has 0 aromatic carbocycles. The molecule has 0 aliphatic rings. The molecule has 0 unspecified atom stereocenters. The van der Waals surface area contributed by atoms with E-state index < -0.39 is 0 Å². The van der Waals surface area contributed by atoms with Gasteiger partial charge in [0.25, 0.3) is 0 Å². The normalized spacial score (nSPS) is 10.3. The zero-order chi connectivity index (χ0) is 10.7. The highest BCUT2D eigenvalue weighted by Gasteiger charge is 2.05. The molecule has 0 aliphatic heterocycles. The number of methoxy groups -OCH3 is 1. The van der Waals surface area contributed by atoms with Crippen LogP contribution in [0.2, 0.25) is 0 Å². The molecule has 6 heteroatoms. The lowest BCUT2D eigenvalue weighted by Crippen LogP contribution is -1.92. The SMILES string of the molecule is COc1cc(-c2ncc(CO)[nH]2)ncn1. The van der Waals surface area contributed by atoms with E-state index in [1.165, 1.54) is 13.4 Å². The number of imidazole rings is 1. The van der Waals surface area contributed by atoms with E-state index in [4.69, 9.17) is 9.84 Å². The van der Waals surface area contributed by atoms with Crippen molar-refractivity contribution in [3.63, 3.8) is 0 Å². The van der Waals surface area contributed by atoms with Crippen molar-refractivity contribution in [3.05, 3.63) is 24.3 Å². The summed E-state index contributed by atoms with van der Waals surface area (Å²) in [6, 6.07) is 1.67. The predicted molar refractivity (Wildman–Crippen MR) is 52.1 cm³/mol. The average Bonchev–Trinajstić information content (AvgIpc) is 2.78. The van der Waals surface area contributed by atoms with E-state index in [1.54, 1.807) is 12.3 Å². The second-order valence-corrected chi connectivity index (χ2v) is 2.86. The van der Waals surface area contributed by atoms with E-state index in [9.17, 15) is 0 Å². The molecule has 2 aromatic heterocycles. The van der Waals surface area contributed by atoms with Gasteiger partial charge in [-0.2, -0.15) is 0 Å². The zero-order valence-corrected chi connectivity index (χ0v) is 8.14. The van der Waals surface area contributed by atoms with Crippen molar-refractivity contribution in [2.24, 2.45) is 0 Å². The molecule has 2 heterocycles. The average molecular weight is 206 g/mol. The maximum atomic E-state index is 8.87. The van der Waals surface area contributed by atoms with E-state index in [0.717, 1.165) is 0 Å². The molecule has 0 fully saturated rings. The highest BCUT2D eigenvalue weighted by molar-refractivity contribution is 5.50. The highest BCUT2D eigenvalue weighted by Crippen LogP contribution is 2.16. The number of hydrogen-bond donors (Lipinski definition) is 2. The molecule has 0 amide bonds. The van der Waals surface area contributed by atoms with Gasteiger partial charge in [-0.3, -0.25) is 0 Å². The van der Waals surface area contributed by atoms with E-state index >= 15 is 0 Å². The van der Waals surface area contributed by atoms with Crippen LogP contribution in [-0.4, -0.2) is 32.2 Å². The van der Waals surface area contributed by atoms with Crippen molar-refractivity contribution in [3.8, 4) is 17.4 Å². The molecule has 78 valence electrons. The van der Waals surface area contributed by atoms with Gasteiger partial charge >= 0.3 is 0 Å². The van der Waals surface area contributed by atoms with Crippen molar-refractivity contribution in [2.45, 2.75) is 6.61 Å². The number of H-pyrrole nitrogens is 1. The van der Waals surface area contributed by atoms with Crippen molar-refractivity contribution < 1.29 is 9.84 Å². The summed E-state index contributed by atoms with van der Waals surface area (Å²) in [5.41, 5.74) is 1.27. The predicted octanol–water partition coefficient (Wildman–Crippen LogP) is 0.368. The third-order valence-corrected chi connectivity index (χ3v) is 1.89. The standard InChI is InChI=1S/C9H10N4O2/c1-15-8-2-7(11-5-12-8)9-10-3-6(4-14)13-9/h2-3,5,14H,4H2,1H3,(H,10,13). The van der Waals surface area contributed by atoms with Gasteiger partial charge < -0.3 is 14.8 Å². The quantitative estimate of drug-likeness (QED) is 0.757. The Morgan fingerprint density at radius 3 is 2.93 bits per heavy atom. The fraction of sp³-hybridized carbons (Fsp3) is 0.222. The first kappa shape index (κ1) is 9.60. The molecule has 0 saturated carbocycles. The van der Waals surface area contributed by atoms with E-state index in [0.29, 0.717) is 23.1 Å². The number of rotatable bonds is 3. The van der Waals surface area contributed by atoms with Crippen molar-refractivity contribution in [1.82, 2.24) is 19.9 Å². The highest BCUT2D eigenvalue weighted by atomic mass is 16.5. The molecule has 2 rings (SSSR count). The topological polar surface area (TPSA) is 83.9 Å². The Morgan fingerprint density at radius 1 is 1.40 bits per heavy atom. The summed E-state index contributed by atoms with van der Waals surface area (Å²) < 4.78 is 4.97. The number of hydrogen-bond acceptors (Lipinski definition) is 5. The first-order chi connectivity index (χ1) is 7.33. The van der Waals surface area contributed by atoms with Gasteiger partial charge in [-0.15, -0.1) is 0 Å². The van der Waals surface area contributed by atoms with Crippen LogP contribution >= 0.6 is 0 Å². The maximum Gasteiger partial charge on any atom is 0.216 e. The maximum absolute atomic E-state index is 8.87. The lowest BCUT2D eigenvalue weighted by atomic mass is 10.4. The lowest BCUT2D eigenvalue weighted by Gasteiger charge is -1.99. The van der Waals surface area contributed by atoms with Crippen LogP contribution in [0.3, 0.4) is 0 Å². The van der Waals surface area contributed by atoms with Gasteiger partial charge in [0, 0.05) is 6.07 Å². The molecular weight excluding hydrogens is 196 g/mol. The Hall–Kier alpha value is -1.95. The minimum Gasteiger partial charge on any atom is -0.481 e. The van der Waals surface area contributed by atoms with Crippen LogP contribution in [0.15, 0.2) is 18.6 Å². The minimum absolute atomic E-state index is 0.0742. The summed E-state index contributed by atoms with van der Waals surface area (Å²) >= 11 is 0. The van der Waals surface area contributed by atoms with Crippen molar-refractivity contribution in [1.29, 1.82) is 0 Å².